The van der Waals surface area contributed by atoms with Crippen LogP contribution in [0.5, 0.6) is 0 Å². The van der Waals surface area contributed by atoms with Gasteiger partial charge in [0.25, 0.3) is 0 Å². The van der Waals surface area contributed by atoms with Crippen molar-refractivity contribution >= 4 is 16.0 Å². The molecule has 5 nitrogen and oxygen atoms in total. The molecule has 21 heavy (non-hydrogen) atoms. The van der Waals surface area contributed by atoms with Gasteiger partial charge in [-0.25, -0.2) is 12.8 Å². The van der Waals surface area contributed by atoms with Crippen LogP contribution in [0.2, 0.25) is 0 Å². The number of halogens is 1. The molecule has 0 radical (unpaired) electrons. The zero-order valence-electron chi connectivity index (χ0n) is 11.9. The number of hydrogen-bond donors (Lipinski definition) is 1. The number of nitrogens with zero attached hydrogens (tertiary/aromatic N) is 1. The number of carboxylic acid groups (broad SMARTS) is 1. The van der Waals surface area contributed by atoms with Crippen molar-refractivity contribution in [1.29, 1.82) is 0 Å². The van der Waals surface area contributed by atoms with Crippen molar-refractivity contribution in [2.24, 2.45) is 5.92 Å². The van der Waals surface area contributed by atoms with Gasteiger partial charge in [0.15, 0.2) is 0 Å². The monoisotopic (exact) mass is 315 g/mol. The topological polar surface area (TPSA) is 74.7 Å². The molecule has 1 aliphatic rings. The number of piperidine rings is 1. The van der Waals surface area contributed by atoms with E-state index in [0.29, 0.717) is 12.8 Å². The Balaban J connectivity index is 2.48. The first-order valence-corrected chi connectivity index (χ1v) is 8.20. The second kappa shape index (κ2) is 5.73. The Hall–Kier alpha value is -1.47. The lowest BCUT2D eigenvalue weighted by Gasteiger charge is -2.36. The van der Waals surface area contributed by atoms with Crippen LogP contribution in [0.4, 0.5) is 4.39 Å². The Morgan fingerprint density at radius 2 is 2.10 bits per heavy atom. The van der Waals surface area contributed by atoms with Crippen molar-refractivity contribution < 1.29 is 22.7 Å². The smallest absolute Gasteiger partial charge is 0.322 e. The van der Waals surface area contributed by atoms with Crippen molar-refractivity contribution in [3.05, 3.63) is 29.6 Å². The quantitative estimate of drug-likeness (QED) is 0.926. The Labute approximate surface area is 123 Å². The average Bonchev–Trinajstić information content (AvgIpc) is 2.37. The summed E-state index contributed by atoms with van der Waals surface area (Å²) >= 11 is 0. The van der Waals surface area contributed by atoms with Crippen molar-refractivity contribution in [2.75, 3.05) is 6.54 Å². The highest BCUT2D eigenvalue weighted by atomic mass is 32.2. The highest BCUT2D eigenvalue weighted by molar-refractivity contribution is 7.89. The summed E-state index contributed by atoms with van der Waals surface area (Å²) in [4.78, 5) is 11.4. The van der Waals surface area contributed by atoms with Crippen molar-refractivity contribution in [1.82, 2.24) is 4.31 Å². The van der Waals surface area contributed by atoms with Gasteiger partial charge in [0.2, 0.25) is 10.0 Å². The van der Waals surface area contributed by atoms with Crippen LogP contribution < -0.4 is 0 Å². The van der Waals surface area contributed by atoms with E-state index in [1.807, 2.05) is 0 Å². The van der Waals surface area contributed by atoms with Crippen LogP contribution >= 0.6 is 0 Å². The van der Waals surface area contributed by atoms with Crippen molar-refractivity contribution in [2.45, 2.75) is 37.6 Å². The standard InChI is InChI=1S/C14H18FNO4S/c1-9-4-3-7-16(13(9)14(17)18)21(19,20)12-6-5-11(15)8-10(12)2/h5-6,8-9,13H,3-4,7H2,1-2H3,(H,17,18). The van der Waals surface area contributed by atoms with E-state index < -0.39 is 27.9 Å². The molecule has 0 bridgehead atoms. The predicted molar refractivity (Wildman–Crippen MR) is 74.9 cm³/mol. The molecule has 0 amide bonds. The van der Waals surface area contributed by atoms with E-state index in [1.165, 1.54) is 13.0 Å². The van der Waals surface area contributed by atoms with Crippen LogP contribution in [-0.4, -0.2) is 36.4 Å². The van der Waals surface area contributed by atoms with Gasteiger partial charge in [0.05, 0.1) is 4.90 Å². The average molecular weight is 315 g/mol. The predicted octanol–water partition coefficient (Wildman–Crippen LogP) is 2.01. The molecule has 7 heteroatoms. The molecule has 0 aromatic heterocycles. The fraction of sp³-hybridized carbons (Fsp3) is 0.500. The first-order valence-electron chi connectivity index (χ1n) is 6.76. The molecule has 1 aromatic carbocycles. The molecule has 1 N–H and O–H groups in total. The summed E-state index contributed by atoms with van der Waals surface area (Å²) in [6.45, 7) is 3.40. The molecule has 0 spiro atoms. The number of aliphatic carboxylic acids is 1. The first kappa shape index (κ1) is 15.9. The Kier molecular flexibility index (Phi) is 4.34. The second-order valence-electron chi connectivity index (χ2n) is 5.43. The minimum atomic E-state index is -3.95. The zero-order chi connectivity index (χ0) is 15.8. The molecule has 2 rings (SSSR count). The van der Waals surface area contributed by atoms with E-state index in [9.17, 15) is 22.7 Å². The number of benzene rings is 1. The summed E-state index contributed by atoms with van der Waals surface area (Å²) in [7, 11) is -3.95. The van der Waals surface area contributed by atoms with Gasteiger partial charge in [-0.1, -0.05) is 6.92 Å². The fourth-order valence-corrected chi connectivity index (χ4v) is 4.74. The SMILES string of the molecule is Cc1cc(F)ccc1S(=O)(=O)N1CCCC(C)C1C(=O)O. The van der Waals surface area contributed by atoms with E-state index >= 15 is 0 Å². The van der Waals surface area contributed by atoms with E-state index in [-0.39, 0.29) is 22.9 Å². The summed E-state index contributed by atoms with van der Waals surface area (Å²) in [6.07, 6.45) is 1.29. The van der Waals surface area contributed by atoms with Crippen LogP contribution in [0.3, 0.4) is 0 Å². The highest BCUT2D eigenvalue weighted by Gasteiger charge is 2.41. The Morgan fingerprint density at radius 1 is 1.43 bits per heavy atom. The van der Waals surface area contributed by atoms with E-state index in [1.54, 1.807) is 6.92 Å². The van der Waals surface area contributed by atoms with Crippen molar-refractivity contribution in [3.63, 3.8) is 0 Å². The first-order chi connectivity index (χ1) is 9.75. The minimum Gasteiger partial charge on any atom is -0.480 e. The van der Waals surface area contributed by atoms with Crippen LogP contribution in [0.15, 0.2) is 23.1 Å². The normalized spacial score (nSPS) is 24.0. The van der Waals surface area contributed by atoms with Crippen molar-refractivity contribution in [3.8, 4) is 0 Å². The summed E-state index contributed by atoms with van der Waals surface area (Å²) in [5.74, 6) is -1.93. The molecular formula is C14H18FNO4S. The third kappa shape index (κ3) is 2.94. The molecule has 1 aromatic rings. The minimum absolute atomic E-state index is 0.0377. The molecule has 1 fully saturated rings. The van der Waals surface area contributed by atoms with Crippen LogP contribution in [0.1, 0.15) is 25.3 Å². The lowest BCUT2D eigenvalue weighted by molar-refractivity contribution is -0.144. The van der Waals surface area contributed by atoms with Gasteiger partial charge in [-0.3, -0.25) is 4.79 Å². The number of carboxylic acids is 1. The van der Waals surface area contributed by atoms with E-state index in [4.69, 9.17) is 0 Å². The fourth-order valence-electron chi connectivity index (χ4n) is 2.81. The number of hydrogen-bond acceptors (Lipinski definition) is 3. The Morgan fingerprint density at radius 3 is 2.67 bits per heavy atom. The molecule has 0 saturated carbocycles. The van der Waals surface area contributed by atoms with Crippen LogP contribution in [0, 0.1) is 18.7 Å². The molecule has 2 atom stereocenters. The van der Waals surface area contributed by atoms with Crippen LogP contribution in [0.25, 0.3) is 0 Å². The van der Waals surface area contributed by atoms with Gasteiger partial charge in [-0.05, 0) is 49.4 Å². The number of carbonyl (C=O) groups is 1. The molecule has 2 unspecified atom stereocenters. The summed E-state index contributed by atoms with van der Waals surface area (Å²) in [6, 6.07) is 2.32. The molecule has 0 aliphatic carbocycles. The maximum absolute atomic E-state index is 13.1. The molecule has 1 aliphatic heterocycles. The maximum Gasteiger partial charge on any atom is 0.322 e. The van der Waals surface area contributed by atoms with Gasteiger partial charge in [0, 0.05) is 6.54 Å². The highest BCUT2D eigenvalue weighted by Crippen LogP contribution is 2.30. The zero-order valence-corrected chi connectivity index (χ0v) is 12.7. The molecular weight excluding hydrogens is 297 g/mol. The number of aryl methyl sites for hydroxylation is 1. The van der Waals surface area contributed by atoms with Gasteiger partial charge in [-0.15, -0.1) is 0 Å². The third-order valence-electron chi connectivity index (χ3n) is 3.86. The lowest BCUT2D eigenvalue weighted by atomic mass is 9.93. The van der Waals surface area contributed by atoms with Gasteiger partial charge in [0.1, 0.15) is 11.9 Å². The van der Waals surface area contributed by atoms with E-state index in [2.05, 4.69) is 0 Å². The van der Waals surface area contributed by atoms with Gasteiger partial charge in [-0.2, -0.15) is 4.31 Å². The summed E-state index contributed by atoms with van der Waals surface area (Å²) in [5, 5.41) is 9.34. The molecule has 1 saturated heterocycles. The number of rotatable bonds is 3. The van der Waals surface area contributed by atoms with E-state index in [0.717, 1.165) is 16.4 Å². The van der Waals surface area contributed by atoms with Gasteiger partial charge < -0.3 is 5.11 Å². The molecule has 1 heterocycles. The third-order valence-corrected chi connectivity index (χ3v) is 5.90. The van der Waals surface area contributed by atoms with Crippen LogP contribution in [-0.2, 0) is 14.8 Å². The lowest BCUT2D eigenvalue weighted by Crippen LogP contribution is -2.51. The summed E-state index contributed by atoms with van der Waals surface area (Å²) in [5.41, 5.74) is 0.275. The number of sulfonamides is 1. The largest absolute Gasteiger partial charge is 0.480 e. The van der Waals surface area contributed by atoms with Gasteiger partial charge >= 0.3 is 5.97 Å². The second-order valence-corrected chi connectivity index (χ2v) is 7.29. The maximum atomic E-state index is 13.1. The molecule has 116 valence electrons. The Bertz CT molecular complexity index is 659. The summed E-state index contributed by atoms with van der Waals surface area (Å²) < 4.78 is 39.6.